The lowest BCUT2D eigenvalue weighted by Crippen LogP contribution is -2.36. The van der Waals surface area contributed by atoms with Crippen molar-refractivity contribution in [2.45, 2.75) is 45.6 Å². The van der Waals surface area contributed by atoms with E-state index >= 15 is 0 Å². The van der Waals surface area contributed by atoms with Crippen LogP contribution in [0.1, 0.15) is 50.5 Å². The maximum atomic E-state index is 12.2. The van der Waals surface area contributed by atoms with Gasteiger partial charge in [0.25, 0.3) is 5.91 Å². The van der Waals surface area contributed by atoms with Gasteiger partial charge in [-0.2, -0.15) is 0 Å². The maximum absolute atomic E-state index is 12.2. The average Bonchev–Trinajstić information content (AvgIpc) is 2.38. The molecule has 2 rings (SSSR count). The molecule has 1 amide bonds. The third kappa shape index (κ3) is 3.94. The number of pyridine rings is 1. The first kappa shape index (κ1) is 13.8. The minimum atomic E-state index is 0.0000748. The Morgan fingerprint density at radius 1 is 1.21 bits per heavy atom. The van der Waals surface area contributed by atoms with E-state index in [-0.39, 0.29) is 11.4 Å². The number of nitrogens with one attached hydrogen (secondary N) is 1. The van der Waals surface area contributed by atoms with Crippen molar-refractivity contribution in [1.29, 1.82) is 0 Å². The molecule has 0 atom stereocenters. The van der Waals surface area contributed by atoms with Crippen LogP contribution in [0.5, 0.6) is 0 Å². The van der Waals surface area contributed by atoms with Gasteiger partial charge in [0.2, 0.25) is 0 Å². The van der Waals surface area contributed by atoms with Crippen LogP contribution in [0.15, 0.2) is 18.3 Å². The summed E-state index contributed by atoms with van der Waals surface area (Å²) in [4.78, 5) is 18.4. The Hall–Kier alpha value is -1.58. The molecule has 0 saturated carbocycles. The fourth-order valence-corrected chi connectivity index (χ4v) is 2.29. The lowest BCUT2D eigenvalue weighted by atomic mass is 10.1. The van der Waals surface area contributed by atoms with Crippen molar-refractivity contribution in [2.24, 2.45) is 0 Å². The third-order valence-electron chi connectivity index (χ3n) is 3.15. The van der Waals surface area contributed by atoms with E-state index in [0.29, 0.717) is 5.69 Å². The zero-order valence-corrected chi connectivity index (χ0v) is 12.1. The van der Waals surface area contributed by atoms with E-state index in [2.05, 4.69) is 31.1 Å². The number of likely N-dealkylation sites (tertiary alicyclic amines) is 1. The Morgan fingerprint density at radius 3 is 2.42 bits per heavy atom. The standard InChI is InChI=1S/C15H23N3O/c1-15(2,3)17-12-7-8-13(16-11-12)14(19)18-9-5-4-6-10-18/h7-8,11,17H,4-6,9-10H2,1-3H3. The van der Waals surface area contributed by atoms with Crippen molar-refractivity contribution >= 4 is 11.6 Å². The first-order chi connectivity index (χ1) is 8.96. The number of piperidine rings is 1. The fourth-order valence-electron chi connectivity index (χ4n) is 2.29. The van der Waals surface area contributed by atoms with Gasteiger partial charge in [-0.3, -0.25) is 4.79 Å². The molecule has 2 heterocycles. The van der Waals surface area contributed by atoms with Gasteiger partial charge in [0.1, 0.15) is 5.69 Å². The molecule has 0 bridgehead atoms. The molecular formula is C15H23N3O. The van der Waals surface area contributed by atoms with Crippen LogP contribution in [0, 0.1) is 0 Å². The molecule has 1 aliphatic heterocycles. The van der Waals surface area contributed by atoms with Gasteiger partial charge in [0.15, 0.2) is 0 Å². The summed E-state index contributed by atoms with van der Waals surface area (Å²) in [5.74, 6) is 0.0574. The van der Waals surface area contributed by atoms with Crippen LogP contribution >= 0.6 is 0 Å². The number of rotatable bonds is 2. The van der Waals surface area contributed by atoms with Gasteiger partial charge in [0, 0.05) is 18.6 Å². The Morgan fingerprint density at radius 2 is 1.89 bits per heavy atom. The van der Waals surface area contributed by atoms with E-state index in [0.717, 1.165) is 31.6 Å². The first-order valence-corrected chi connectivity index (χ1v) is 6.99. The fraction of sp³-hybridized carbons (Fsp3) is 0.600. The minimum absolute atomic E-state index is 0.0000748. The van der Waals surface area contributed by atoms with Crippen LogP contribution in [0.4, 0.5) is 5.69 Å². The van der Waals surface area contributed by atoms with Crippen LogP contribution in [-0.4, -0.2) is 34.4 Å². The van der Waals surface area contributed by atoms with Crippen molar-refractivity contribution in [1.82, 2.24) is 9.88 Å². The highest BCUT2D eigenvalue weighted by molar-refractivity contribution is 5.92. The summed E-state index contributed by atoms with van der Waals surface area (Å²) in [7, 11) is 0. The van der Waals surface area contributed by atoms with E-state index in [1.165, 1.54) is 6.42 Å². The second-order valence-electron chi connectivity index (χ2n) is 6.16. The monoisotopic (exact) mass is 261 g/mol. The van der Waals surface area contributed by atoms with Crippen molar-refractivity contribution in [2.75, 3.05) is 18.4 Å². The summed E-state index contributed by atoms with van der Waals surface area (Å²) in [5, 5.41) is 3.34. The number of amides is 1. The quantitative estimate of drug-likeness (QED) is 0.890. The van der Waals surface area contributed by atoms with Gasteiger partial charge in [-0.15, -0.1) is 0 Å². The minimum Gasteiger partial charge on any atom is -0.379 e. The molecule has 19 heavy (non-hydrogen) atoms. The molecule has 1 saturated heterocycles. The Balaban J connectivity index is 2.03. The average molecular weight is 261 g/mol. The molecule has 0 unspecified atom stereocenters. The van der Waals surface area contributed by atoms with Crippen LogP contribution < -0.4 is 5.32 Å². The molecule has 1 N–H and O–H groups in total. The van der Waals surface area contributed by atoms with Crippen molar-refractivity contribution in [3.63, 3.8) is 0 Å². The van der Waals surface area contributed by atoms with Gasteiger partial charge in [-0.1, -0.05) is 0 Å². The topological polar surface area (TPSA) is 45.2 Å². The molecule has 4 heteroatoms. The zero-order valence-electron chi connectivity index (χ0n) is 12.1. The highest BCUT2D eigenvalue weighted by Crippen LogP contribution is 2.16. The summed E-state index contributed by atoms with van der Waals surface area (Å²) >= 11 is 0. The smallest absolute Gasteiger partial charge is 0.272 e. The Kier molecular flexibility index (Phi) is 4.08. The predicted octanol–water partition coefficient (Wildman–Crippen LogP) is 2.92. The number of nitrogens with zero attached hydrogens (tertiary/aromatic N) is 2. The molecular weight excluding hydrogens is 238 g/mol. The number of carbonyl (C=O) groups is 1. The summed E-state index contributed by atoms with van der Waals surface area (Å²) in [6.07, 6.45) is 5.18. The normalized spacial score (nSPS) is 16.3. The summed E-state index contributed by atoms with van der Waals surface area (Å²) in [5.41, 5.74) is 1.49. The van der Waals surface area contributed by atoms with Gasteiger partial charge in [-0.05, 0) is 52.2 Å². The summed E-state index contributed by atoms with van der Waals surface area (Å²) in [6, 6.07) is 3.74. The van der Waals surface area contributed by atoms with E-state index in [1.807, 2.05) is 17.0 Å². The molecule has 0 aliphatic carbocycles. The zero-order chi connectivity index (χ0) is 13.9. The van der Waals surface area contributed by atoms with Crippen LogP contribution in [-0.2, 0) is 0 Å². The van der Waals surface area contributed by atoms with Gasteiger partial charge in [-0.25, -0.2) is 4.98 Å². The summed E-state index contributed by atoms with van der Waals surface area (Å²) in [6.45, 7) is 8.02. The molecule has 104 valence electrons. The molecule has 0 radical (unpaired) electrons. The largest absolute Gasteiger partial charge is 0.379 e. The van der Waals surface area contributed by atoms with Gasteiger partial charge < -0.3 is 10.2 Å². The third-order valence-corrected chi connectivity index (χ3v) is 3.15. The maximum Gasteiger partial charge on any atom is 0.272 e. The lowest BCUT2D eigenvalue weighted by Gasteiger charge is -2.26. The second-order valence-corrected chi connectivity index (χ2v) is 6.16. The Labute approximate surface area is 115 Å². The Bertz CT molecular complexity index is 428. The number of anilines is 1. The van der Waals surface area contributed by atoms with E-state index < -0.39 is 0 Å². The van der Waals surface area contributed by atoms with E-state index in [1.54, 1.807) is 6.20 Å². The lowest BCUT2D eigenvalue weighted by molar-refractivity contribution is 0.0718. The van der Waals surface area contributed by atoms with Crippen LogP contribution in [0.3, 0.4) is 0 Å². The number of hydrogen-bond acceptors (Lipinski definition) is 3. The number of hydrogen-bond donors (Lipinski definition) is 1. The summed E-state index contributed by atoms with van der Waals surface area (Å²) < 4.78 is 0. The van der Waals surface area contributed by atoms with Crippen LogP contribution in [0.25, 0.3) is 0 Å². The molecule has 1 aromatic rings. The van der Waals surface area contributed by atoms with E-state index in [4.69, 9.17) is 0 Å². The van der Waals surface area contributed by atoms with Crippen LogP contribution in [0.2, 0.25) is 0 Å². The van der Waals surface area contributed by atoms with Crippen molar-refractivity contribution in [3.8, 4) is 0 Å². The highest BCUT2D eigenvalue weighted by atomic mass is 16.2. The molecule has 1 aromatic heterocycles. The first-order valence-electron chi connectivity index (χ1n) is 6.99. The number of aromatic nitrogens is 1. The van der Waals surface area contributed by atoms with Gasteiger partial charge in [0.05, 0.1) is 11.9 Å². The molecule has 1 aliphatic rings. The second kappa shape index (κ2) is 5.59. The van der Waals surface area contributed by atoms with Gasteiger partial charge >= 0.3 is 0 Å². The SMILES string of the molecule is CC(C)(C)Nc1ccc(C(=O)N2CCCCC2)nc1. The van der Waals surface area contributed by atoms with Crippen molar-refractivity contribution < 1.29 is 4.79 Å². The number of carbonyl (C=O) groups excluding carboxylic acids is 1. The van der Waals surface area contributed by atoms with E-state index in [9.17, 15) is 4.79 Å². The van der Waals surface area contributed by atoms with Crippen molar-refractivity contribution in [3.05, 3.63) is 24.0 Å². The molecule has 4 nitrogen and oxygen atoms in total. The highest BCUT2D eigenvalue weighted by Gasteiger charge is 2.19. The molecule has 0 spiro atoms. The molecule has 1 fully saturated rings. The molecule has 0 aromatic carbocycles. The predicted molar refractivity (Wildman–Crippen MR) is 77.4 cm³/mol.